The van der Waals surface area contributed by atoms with E-state index in [1.54, 1.807) is 6.33 Å². The fraction of sp³-hybridized carbons (Fsp3) is 0.172. The van der Waals surface area contributed by atoms with Gasteiger partial charge in [0.15, 0.2) is 5.65 Å². The molecule has 6 heteroatoms. The summed E-state index contributed by atoms with van der Waals surface area (Å²) in [6.07, 6.45) is 3.89. The van der Waals surface area contributed by atoms with Gasteiger partial charge in [-0.1, -0.05) is 65.7 Å². The normalized spacial score (nSPS) is 14.0. The van der Waals surface area contributed by atoms with E-state index >= 15 is 0 Å². The third-order valence-corrected chi connectivity index (χ3v) is 6.95. The van der Waals surface area contributed by atoms with Crippen LogP contribution in [-0.4, -0.2) is 40.7 Å². The van der Waals surface area contributed by atoms with Crippen molar-refractivity contribution in [3.8, 4) is 16.8 Å². The van der Waals surface area contributed by atoms with Gasteiger partial charge in [0.1, 0.15) is 12.1 Å². The molecule has 5 aromatic rings. The van der Waals surface area contributed by atoms with Crippen LogP contribution in [-0.2, 0) is 0 Å². The van der Waals surface area contributed by atoms with Crippen LogP contribution >= 0.6 is 11.6 Å². The molecule has 35 heavy (non-hydrogen) atoms. The summed E-state index contributed by atoms with van der Waals surface area (Å²) in [5.74, 6) is 0.991. The number of rotatable bonds is 4. The number of piperazine rings is 1. The van der Waals surface area contributed by atoms with Crippen LogP contribution in [0, 0.1) is 6.92 Å². The van der Waals surface area contributed by atoms with Gasteiger partial charge in [-0.25, -0.2) is 9.97 Å². The number of halogens is 1. The van der Waals surface area contributed by atoms with Crippen molar-refractivity contribution >= 4 is 34.1 Å². The van der Waals surface area contributed by atoms with Crippen LogP contribution in [0.5, 0.6) is 0 Å². The molecule has 0 unspecified atom stereocenters. The number of aryl methyl sites for hydroxylation is 1. The van der Waals surface area contributed by atoms with Crippen LogP contribution in [0.25, 0.3) is 27.8 Å². The quantitative estimate of drug-likeness (QED) is 0.300. The lowest BCUT2D eigenvalue weighted by Gasteiger charge is -2.37. The highest BCUT2D eigenvalue weighted by Crippen LogP contribution is 2.37. The SMILES string of the molecule is Cc1ccc(-n2cc(-c3ccccc3)c3c(N4CCN(c5cccc(Cl)c5)CC4)ncnc32)cc1. The van der Waals surface area contributed by atoms with Crippen LogP contribution < -0.4 is 9.80 Å². The number of aromatic nitrogens is 3. The maximum Gasteiger partial charge on any atom is 0.150 e. The lowest BCUT2D eigenvalue weighted by atomic mass is 10.1. The monoisotopic (exact) mass is 479 g/mol. The van der Waals surface area contributed by atoms with Crippen molar-refractivity contribution in [1.29, 1.82) is 0 Å². The van der Waals surface area contributed by atoms with Crippen molar-refractivity contribution in [2.45, 2.75) is 6.92 Å². The van der Waals surface area contributed by atoms with Crippen molar-refractivity contribution < 1.29 is 0 Å². The summed E-state index contributed by atoms with van der Waals surface area (Å²) in [5.41, 5.74) is 6.74. The molecule has 3 heterocycles. The van der Waals surface area contributed by atoms with Crippen LogP contribution in [0.2, 0.25) is 5.02 Å². The average molecular weight is 480 g/mol. The van der Waals surface area contributed by atoms with Gasteiger partial charge < -0.3 is 14.4 Å². The Morgan fingerprint density at radius 2 is 1.49 bits per heavy atom. The van der Waals surface area contributed by atoms with Gasteiger partial charge in [-0.05, 0) is 42.8 Å². The Balaban J connectivity index is 1.42. The predicted molar refractivity (Wildman–Crippen MR) is 145 cm³/mol. The van der Waals surface area contributed by atoms with E-state index in [0.29, 0.717) is 0 Å². The lowest BCUT2D eigenvalue weighted by Crippen LogP contribution is -2.46. The topological polar surface area (TPSA) is 37.2 Å². The first kappa shape index (κ1) is 21.7. The first-order valence-electron chi connectivity index (χ1n) is 11.9. The lowest BCUT2D eigenvalue weighted by molar-refractivity contribution is 0.649. The maximum absolute atomic E-state index is 6.23. The molecule has 0 atom stereocenters. The van der Waals surface area contributed by atoms with Gasteiger partial charge >= 0.3 is 0 Å². The van der Waals surface area contributed by atoms with E-state index in [1.807, 2.05) is 18.2 Å². The van der Waals surface area contributed by atoms with Crippen molar-refractivity contribution in [2.24, 2.45) is 0 Å². The van der Waals surface area contributed by atoms with Gasteiger partial charge in [-0.15, -0.1) is 0 Å². The molecule has 1 aliphatic rings. The van der Waals surface area contributed by atoms with Crippen molar-refractivity contribution in [3.63, 3.8) is 0 Å². The molecule has 0 spiro atoms. The second-order valence-corrected chi connectivity index (χ2v) is 9.40. The molecule has 0 amide bonds. The minimum atomic E-state index is 0.771. The first-order valence-corrected chi connectivity index (χ1v) is 12.3. The van der Waals surface area contributed by atoms with E-state index in [9.17, 15) is 0 Å². The molecule has 1 aliphatic heterocycles. The van der Waals surface area contributed by atoms with Crippen molar-refractivity contribution in [1.82, 2.24) is 14.5 Å². The van der Waals surface area contributed by atoms with Gasteiger partial charge in [0.2, 0.25) is 0 Å². The molecular weight excluding hydrogens is 454 g/mol. The number of fused-ring (bicyclic) bond motifs is 1. The average Bonchev–Trinajstić information content (AvgIpc) is 3.30. The van der Waals surface area contributed by atoms with E-state index in [4.69, 9.17) is 21.6 Å². The molecule has 5 nitrogen and oxygen atoms in total. The number of anilines is 2. The van der Waals surface area contributed by atoms with Crippen molar-refractivity contribution in [2.75, 3.05) is 36.0 Å². The number of hydrogen-bond donors (Lipinski definition) is 0. The molecule has 174 valence electrons. The third-order valence-electron chi connectivity index (χ3n) is 6.71. The number of nitrogens with zero attached hydrogens (tertiary/aromatic N) is 5. The molecule has 0 N–H and O–H groups in total. The number of benzene rings is 3. The van der Waals surface area contributed by atoms with Crippen LogP contribution in [0.4, 0.5) is 11.5 Å². The minimum absolute atomic E-state index is 0.771. The highest BCUT2D eigenvalue weighted by molar-refractivity contribution is 6.30. The summed E-state index contributed by atoms with van der Waals surface area (Å²) in [4.78, 5) is 14.3. The Hall–Kier alpha value is -3.83. The zero-order valence-electron chi connectivity index (χ0n) is 19.6. The maximum atomic E-state index is 6.23. The van der Waals surface area contributed by atoms with E-state index in [-0.39, 0.29) is 0 Å². The van der Waals surface area contributed by atoms with Crippen LogP contribution in [0.1, 0.15) is 5.56 Å². The van der Waals surface area contributed by atoms with Gasteiger partial charge in [0, 0.05) is 54.3 Å². The first-order chi connectivity index (χ1) is 17.2. The Morgan fingerprint density at radius 1 is 0.743 bits per heavy atom. The van der Waals surface area contributed by atoms with Gasteiger partial charge in [-0.2, -0.15) is 0 Å². The van der Waals surface area contributed by atoms with E-state index in [1.165, 1.54) is 11.3 Å². The molecule has 0 radical (unpaired) electrons. The summed E-state index contributed by atoms with van der Waals surface area (Å²) < 4.78 is 2.19. The van der Waals surface area contributed by atoms with Gasteiger partial charge in [0.25, 0.3) is 0 Å². The fourth-order valence-electron chi connectivity index (χ4n) is 4.87. The van der Waals surface area contributed by atoms with Gasteiger partial charge in [0.05, 0.1) is 5.39 Å². The fourth-order valence-corrected chi connectivity index (χ4v) is 5.06. The summed E-state index contributed by atoms with van der Waals surface area (Å²) in [5, 5.41) is 1.86. The van der Waals surface area contributed by atoms with Gasteiger partial charge in [-0.3, -0.25) is 0 Å². The smallest absolute Gasteiger partial charge is 0.150 e. The molecule has 0 saturated carbocycles. The summed E-state index contributed by atoms with van der Waals surface area (Å²) in [6.45, 7) is 5.68. The molecule has 0 bridgehead atoms. The standard InChI is InChI=1S/C29H26ClN5/c1-21-10-12-24(13-11-21)35-19-26(22-6-3-2-4-7-22)27-28(31-20-32-29(27)35)34-16-14-33(15-17-34)25-9-5-8-23(30)18-25/h2-13,18-20H,14-17H2,1H3. The summed E-state index contributed by atoms with van der Waals surface area (Å²) in [6, 6.07) is 27.2. The van der Waals surface area contributed by atoms with Crippen LogP contribution in [0.3, 0.4) is 0 Å². The molecule has 6 rings (SSSR count). The highest BCUT2D eigenvalue weighted by atomic mass is 35.5. The predicted octanol–water partition coefficient (Wildman–Crippen LogP) is 6.38. The highest BCUT2D eigenvalue weighted by Gasteiger charge is 2.24. The molecular formula is C29H26ClN5. The molecule has 0 aliphatic carbocycles. The Bertz CT molecular complexity index is 1470. The van der Waals surface area contributed by atoms with Crippen molar-refractivity contribution in [3.05, 3.63) is 102 Å². The largest absolute Gasteiger partial charge is 0.368 e. The van der Waals surface area contributed by atoms with E-state index in [2.05, 4.69) is 88.2 Å². The van der Waals surface area contributed by atoms with E-state index < -0.39 is 0 Å². The van der Waals surface area contributed by atoms with Crippen LogP contribution in [0.15, 0.2) is 91.4 Å². The molecule has 3 aromatic carbocycles. The Labute approximate surface area is 210 Å². The zero-order valence-corrected chi connectivity index (χ0v) is 20.4. The second-order valence-electron chi connectivity index (χ2n) is 8.96. The number of hydrogen-bond acceptors (Lipinski definition) is 4. The Kier molecular flexibility index (Phi) is 5.63. The second kappa shape index (κ2) is 9.08. The zero-order chi connectivity index (χ0) is 23.8. The molecule has 1 fully saturated rings. The summed E-state index contributed by atoms with van der Waals surface area (Å²) in [7, 11) is 0. The van der Waals surface area contributed by atoms with E-state index in [0.717, 1.165) is 64.9 Å². The minimum Gasteiger partial charge on any atom is -0.368 e. The molecule has 1 saturated heterocycles. The Morgan fingerprint density at radius 3 is 2.23 bits per heavy atom. The molecule has 2 aromatic heterocycles. The third kappa shape index (κ3) is 4.13. The summed E-state index contributed by atoms with van der Waals surface area (Å²) >= 11 is 6.23.